The van der Waals surface area contributed by atoms with Crippen molar-refractivity contribution in [3.63, 3.8) is 0 Å². The van der Waals surface area contributed by atoms with Crippen molar-refractivity contribution >= 4 is 11.6 Å². The molecule has 4 aromatic rings. The first-order chi connectivity index (χ1) is 17.6. The molecule has 1 unspecified atom stereocenters. The van der Waals surface area contributed by atoms with Crippen molar-refractivity contribution in [2.75, 3.05) is 18.4 Å². The number of benzene rings is 3. The highest BCUT2D eigenvalue weighted by molar-refractivity contribution is 5.92. The van der Waals surface area contributed by atoms with Gasteiger partial charge in [-0.05, 0) is 53.8 Å². The fourth-order valence-corrected chi connectivity index (χ4v) is 4.20. The Bertz CT molecular complexity index is 1230. The molecule has 36 heavy (non-hydrogen) atoms. The number of anilines is 1. The minimum absolute atomic E-state index is 0.0755. The van der Waals surface area contributed by atoms with Crippen LogP contribution in [0.25, 0.3) is 0 Å². The highest BCUT2D eigenvalue weighted by Gasteiger charge is 2.14. The summed E-state index contributed by atoms with van der Waals surface area (Å²) in [5.41, 5.74) is 5.91. The summed E-state index contributed by atoms with van der Waals surface area (Å²) in [6, 6.07) is 32.0. The number of nitrogens with one attached hydrogen (secondary N) is 1. The zero-order valence-corrected chi connectivity index (χ0v) is 20.7. The minimum atomic E-state index is -0.546. The molecule has 1 atom stereocenters. The molecular formula is C31H33N3O2. The number of aliphatic hydroxyl groups excluding tert-OH is 1. The van der Waals surface area contributed by atoms with Gasteiger partial charge < -0.3 is 10.4 Å². The lowest BCUT2D eigenvalue weighted by atomic mass is 10.1. The largest absolute Gasteiger partial charge is 0.387 e. The van der Waals surface area contributed by atoms with Crippen LogP contribution in [0.4, 0.5) is 5.69 Å². The molecule has 4 rings (SSSR count). The number of hydrogen-bond donors (Lipinski definition) is 2. The van der Waals surface area contributed by atoms with Crippen LogP contribution in [-0.4, -0.2) is 34.0 Å². The quantitative estimate of drug-likeness (QED) is 0.304. The molecule has 0 aliphatic carbocycles. The van der Waals surface area contributed by atoms with Crippen LogP contribution in [0.3, 0.4) is 0 Å². The number of rotatable bonds is 11. The number of hydrogen-bond acceptors (Lipinski definition) is 4. The Balaban J connectivity index is 1.34. The van der Waals surface area contributed by atoms with Gasteiger partial charge in [-0.3, -0.25) is 14.7 Å². The topological polar surface area (TPSA) is 65.5 Å². The van der Waals surface area contributed by atoms with Gasteiger partial charge in [-0.15, -0.1) is 0 Å². The summed E-state index contributed by atoms with van der Waals surface area (Å²) >= 11 is 0. The van der Waals surface area contributed by atoms with Gasteiger partial charge in [-0.1, -0.05) is 78.9 Å². The van der Waals surface area contributed by atoms with Gasteiger partial charge in [0.2, 0.25) is 5.91 Å². The second-order valence-electron chi connectivity index (χ2n) is 9.09. The molecule has 0 radical (unpaired) electrons. The first-order valence-electron chi connectivity index (χ1n) is 12.4. The van der Waals surface area contributed by atoms with Crippen molar-refractivity contribution in [3.05, 3.63) is 131 Å². The summed E-state index contributed by atoms with van der Waals surface area (Å²) in [4.78, 5) is 19.0. The molecule has 0 bridgehead atoms. The lowest BCUT2D eigenvalue weighted by molar-refractivity contribution is -0.115. The van der Waals surface area contributed by atoms with Crippen molar-refractivity contribution in [2.24, 2.45) is 0 Å². The molecule has 5 nitrogen and oxygen atoms in total. The maximum Gasteiger partial charge on any atom is 0.230 e. The van der Waals surface area contributed by atoms with Crippen LogP contribution >= 0.6 is 0 Å². The van der Waals surface area contributed by atoms with Crippen molar-refractivity contribution < 1.29 is 9.90 Å². The third-order valence-electron chi connectivity index (χ3n) is 6.26. The molecule has 2 N–H and O–H groups in total. The van der Waals surface area contributed by atoms with E-state index in [2.05, 4.69) is 39.5 Å². The predicted octanol–water partition coefficient (Wildman–Crippen LogP) is 5.35. The summed E-state index contributed by atoms with van der Waals surface area (Å²) in [6.07, 6.45) is 2.27. The third-order valence-corrected chi connectivity index (χ3v) is 6.26. The van der Waals surface area contributed by atoms with Crippen LogP contribution in [-0.2, 0) is 24.2 Å². The first-order valence-corrected chi connectivity index (χ1v) is 12.4. The molecule has 1 amide bonds. The van der Waals surface area contributed by atoms with Crippen LogP contribution in [0, 0.1) is 6.92 Å². The van der Waals surface area contributed by atoms with Crippen LogP contribution in [0.15, 0.2) is 103 Å². The van der Waals surface area contributed by atoms with E-state index in [0.29, 0.717) is 6.54 Å². The van der Waals surface area contributed by atoms with Gasteiger partial charge in [-0.2, -0.15) is 0 Å². The van der Waals surface area contributed by atoms with Crippen molar-refractivity contribution in [3.8, 4) is 0 Å². The monoisotopic (exact) mass is 479 g/mol. The van der Waals surface area contributed by atoms with E-state index in [0.717, 1.165) is 42.0 Å². The second kappa shape index (κ2) is 12.8. The van der Waals surface area contributed by atoms with E-state index < -0.39 is 6.10 Å². The van der Waals surface area contributed by atoms with Gasteiger partial charge in [-0.25, -0.2) is 0 Å². The molecule has 0 fully saturated rings. The fourth-order valence-electron chi connectivity index (χ4n) is 4.20. The average molecular weight is 480 g/mol. The molecule has 184 valence electrons. The molecule has 3 aromatic carbocycles. The number of nitrogens with zero attached hydrogens (tertiary/aromatic N) is 2. The molecule has 0 saturated heterocycles. The predicted molar refractivity (Wildman–Crippen MR) is 145 cm³/mol. The Morgan fingerprint density at radius 1 is 0.889 bits per heavy atom. The standard InChI is InChI=1S/C31H33N3O2/c1-24-9-8-19-32-29(24)21-31(36)33-28-16-14-25(15-17-28)18-20-34(22-26-10-4-2-5-11-26)23-30(35)27-12-6-3-7-13-27/h2-17,19,30,35H,18,20-23H2,1H3,(H,33,36). The molecule has 0 aliphatic heterocycles. The lowest BCUT2D eigenvalue weighted by Gasteiger charge is -2.25. The van der Waals surface area contributed by atoms with Gasteiger partial charge in [0.15, 0.2) is 0 Å². The maximum atomic E-state index is 12.4. The molecular weight excluding hydrogens is 446 g/mol. The Morgan fingerprint density at radius 3 is 2.28 bits per heavy atom. The summed E-state index contributed by atoms with van der Waals surface area (Å²) < 4.78 is 0. The number of aromatic nitrogens is 1. The Morgan fingerprint density at radius 2 is 1.58 bits per heavy atom. The van der Waals surface area contributed by atoms with Gasteiger partial charge in [0.1, 0.15) is 0 Å². The smallest absolute Gasteiger partial charge is 0.230 e. The van der Waals surface area contributed by atoms with E-state index in [1.165, 1.54) is 11.1 Å². The highest BCUT2D eigenvalue weighted by atomic mass is 16.3. The summed E-state index contributed by atoms with van der Waals surface area (Å²) in [6.45, 7) is 4.10. The molecule has 0 spiro atoms. The van der Waals surface area contributed by atoms with Crippen LogP contribution < -0.4 is 5.32 Å². The van der Waals surface area contributed by atoms with Crippen molar-refractivity contribution in [1.29, 1.82) is 0 Å². The Hall–Kier alpha value is -3.80. The number of amides is 1. The summed E-state index contributed by atoms with van der Waals surface area (Å²) in [5.74, 6) is -0.0755. The van der Waals surface area contributed by atoms with E-state index in [9.17, 15) is 9.90 Å². The SMILES string of the molecule is Cc1cccnc1CC(=O)Nc1ccc(CCN(Cc2ccccc2)CC(O)c2ccccc2)cc1. The minimum Gasteiger partial charge on any atom is -0.387 e. The number of aryl methyl sites for hydroxylation is 1. The summed E-state index contributed by atoms with van der Waals surface area (Å²) in [7, 11) is 0. The van der Waals surface area contributed by atoms with E-state index in [1.54, 1.807) is 6.20 Å². The number of aliphatic hydroxyl groups is 1. The van der Waals surface area contributed by atoms with Gasteiger partial charge in [0.25, 0.3) is 0 Å². The molecule has 0 aliphatic rings. The zero-order valence-electron chi connectivity index (χ0n) is 20.7. The second-order valence-corrected chi connectivity index (χ2v) is 9.09. The number of carbonyl (C=O) groups excluding carboxylic acids is 1. The van der Waals surface area contributed by atoms with E-state index in [1.807, 2.05) is 79.7 Å². The van der Waals surface area contributed by atoms with Crippen LogP contribution in [0.2, 0.25) is 0 Å². The molecule has 1 aromatic heterocycles. The molecule has 5 heteroatoms. The van der Waals surface area contributed by atoms with E-state index in [4.69, 9.17) is 0 Å². The maximum absolute atomic E-state index is 12.4. The van der Waals surface area contributed by atoms with Gasteiger partial charge >= 0.3 is 0 Å². The number of pyridine rings is 1. The van der Waals surface area contributed by atoms with Crippen molar-refractivity contribution in [1.82, 2.24) is 9.88 Å². The summed E-state index contributed by atoms with van der Waals surface area (Å²) in [5, 5.41) is 13.8. The lowest BCUT2D eigenvalue weighted by Crippen LogP contribution is -2.30. The van der Waals surface area contributed by atoms with Crippen molar-refractivity contribution in [2.45, 2.75) is 32.4 Å². The van der Waals surface area contributed by atoms with E-state index in [-0.39, 0.29) is 12.3 Å². The fraction of sp³-hybridized carbons (Fsp3) is 0.226. The number of carbonyl (C=O) groups is 1. The Labute approximate surface area is 213 Å². The van der Waals surface area contributed by atoms with Crippen LogP contribution in [0.5, 0.6) is 0 Å². The van der Waals surface area contributed by atoms with Gasteiger partial charge in [0, 0.05) is 31.5 Å². The average Bonchev–Trinajstić information content (AvgIpc) is 2.90. The van der Waals surface area contributed by atoms with Crippen LogP contribution in [0.1, 0.15) is 34.1 Å². The molecule has 1 heterocycles. The highest BCUT2D eigenvalue weighted by Crippen LogP contribution is 2.17. The first kappa shape index (κ1) is 25.3. The molecule has 0 saturated carbocycles. The zero-order chi connectivity index (χ0) is 25.2. The van der Waals surface area contributed by atoms with Gasteiger partial charge in [0.05, 0.1) is 18.2 Å². The normalized spacial score (nSPS) is 11.9. The van der Waals surface area contributed by atoms with E-state index >= 15 is 0 Å². The Kier molecular flexibility index (Phi) is 8.98. The third kappa shape index (κ3) is 7.60.